The molecule has 0 amide bonds. The Morgan fingerprint density at radius 2 is 2.00 bits per heavy atom. The molecule has 3 heteroatoms. The number of rotatable bonds is 6. The molecular formula is C10H21NO2. The van der Waals surface area contributed by atoms with Crippen molar-refractivity contribution in [3.8, 4) is 0 Å². The topological polar surface area (TPSA) is 52.5 Å². The van der Waals surface area contributed by atoms with Gasteiger partial charge in [0.15, 0.2) is 0 Å². The molecule has 3 N–H and O–H groups in total. The fraction of sp³-hybridized carbons (Fsp3) is 1.00. The van der Waals surface area contributed by atoms with Crippen LogP contribution in [0.3, 0.4) is 0 Å². The second-order valence-electron chi connectivity index (χ2n) is 4.14. The molecule has 1 aliphatic carbocycles. The molecule has 1 rings (SSSR count). The average molecular weight is 187 g/mol. The van der Waals surface area contributed by atoms with Gasteiger partial charge in [0, 0.05) is 6.04 Å². The van der Waals surface area contributed by atoms with Crippen LogP contribution in [0.4, 0.5) is 0 Å². The molecular weight excluding hydrogens is 166 g/mol. The molecule has 3 nitrogen and oxygen atoms in total. The van der Waals surface area contributed by atoms with Gasteiger partial charge in [0.05, 0.1) is 6.10 Å². The Kier molecular flexibility index (Phi) is 4.16. The molecule has 1 fully saturated rings. The summed E-state index contributed by atoms with van der Waals surface area (Å²) < 4.78 is 0. The lowest BCUT2D eigenvalue weighted by Gasteiger charge is -2.24. The van der Waals surface area contributed by atoms with Crippen LogP contribution in [0.15, 0.2) is 0 Å². The molecule has 0 bridgehead atoms. The van der Waals surface area contributed by atoms with E-state index >= 15 is 0 Å². The van der Waals surface area contributed by atoms with E-state index in [1.807, 2.05) is 6.92 Å². The van der Waals surface area contributed by atoms with Crippen molar-refractivity contribution >= 4 is 0 Å². The summed E-state index contributed by atoms with van der Waals surface area (Å²) in [4.78, 5) is 0. The summed E-state index contributed by atoms with van der Waals surface area (Å²) in [6.45, 7) is 4.07. The molecule has 0 aromatic rings. The number of aliphatic hydroxyl groups excluding tert-OH is 2. The Hall–Kier alpha value is -0.120. The standard InChI is InChI=1S/C10H21NO2/c1-3-4-7(2)9(12)10(13)11-8-5-6-8/h7-13H,3-6H2,1-2H3. The molecule has 0 heterocycles. The third kappa shape index (κ3) is 3.63. The smallest absolute Gasteiger partial charge is 0.131 e. The van der Waals surface area contributed by atoms with Crippen molar-refractivity contribution in [2.24, 2.45) is 5.92 Å². The van der Waals surface area contributed by atoms with Gasteiger partial charge in [0.25, 0.3) is 0 Å². The lowest BCUT2D eigenvalue weighted by Crippen LogP contribution is -2.44. The second-order valence-corrected chi connectivity index (χ2v) is 4.14. The van der Waals surface area contributed by atoms with Crippen molar-refractivity contribution in [2.45, 2.75) is 57.9 Å². The number of hydrogen-bond acceptors (Lipinski definition) is 3. The fourth-order valence-electron chi connectivity index (χ4n) is 1.53. The number of nitrogens with one attached hydrogen (secondary N) is 1. The zero-order valence-electron chi connectivity index (χ0n) is 8.53. The predicted molar refractivity (Wildman–Crippen MR) is 52.2 cm³/mol. The van der Waals surface area contributed by atoms with Gasteiger partial charge >= 0.3 is 0 Å². The zero-order chi connectivity index (χ0) is 9.84. The van der Waals surface area contributed by atoms with Gasteiger partial charge in [-0.25, -0.2) is 0 Å². The van der Waals surface area contributed by atoms with E-state index in [-0.39, 0.29) is 5.92 Å². The Balaban J connectivity index is 2.21. The zero-order valence-corrected chi connectivity index (χ0v) is 8.53. The lowest BCUT2D eigenvalue weighted by molar-refractivity contribution is -0.0336. The summed E-state index contributed by atoms with van der Waals surface area (Å²) in [5.74, 6) is 0.172. The monoisotopic (exact) mass is 187 g/mol. The van der Waals surface area contributed by atoms with Crippen LogP contribution in [0.5, 0.6) is 0 Å². The first-order chi connectivity index (χ1) is 6.15. The first kappa shape index (κ1) is 11.0. The van der Waals surface area contributed by atoms with Crippen LogP contribution >= 0.6 is 0 Å². The highest BCUT2D eigenvalue weighted by atomic mass is 16.3. The van der Waals surface area contributed by atoms with Crippen LogP contribution in [0.1, 0.15) is 39.5 Å². The highest BCUT2D eigenvalue weighted by Crippen LogP contribution is 2.21. The van der Waals surface area contributed by atoms with Gasteiger partial charge in [-0.1, -0.05) is 20.3 Å². The molecule has 0 spiro atoms. The lowest BCUT2D eigenvalue weighted by atomic mass is 9.98. The molecule has 3 unspecified atom stereocenters. The summed E-state index contributed by atoms with van der Waals surface area (Å²) in [5.41, 5.74) is 0. The van der Waals surface area contributed by atoms with Crippen LogP contribution in [0, 0.1) is 5.92 Å². The summed E-state index contributed by atoms with van der Waals surface area (Å²) in [6.07, 6.45) is 2.91. The van der Waals surface area contributed by atoms with Crippen LogP contribution in [-0.2, 0) is 0 Å². The Morgan fingerprint density at radius 3 is 2.46 bits per heavy atom. The molecule has 1 saturated carbocycles. The SMILES string of the molecule is CCCC(C)C(O)C(O)NC1CC1. The number of aliphatic hydroxyl groups is 2. The highest BCUT2D eigenvalue weighted by molar-refractivity contribution is 4.84. The van der Waals surface area contributed by atoms with E-state index in [0.29, 0.717) is 6.04 Å². The Bertz CT molecular complexity index is 148. The Morgan fingerprint density at radius 1 is 1.38 bits per heavy atom. The van der Waals surface area contributed by atoms with Crippen molar-refractivity contribution < 1.29 is 10.2 Å². The molecule has 13 heavy (non-hydrogen) atoms. The summed E-state index contributed by atoms with van der Waals surface area (Å²) in [6, 6.07) is 0.443. The minimum absolute atomic E-state index is 0.172. The fourth-order valence-corrected chi connectivity index (χ4v) is 1.53. The van der Waals surface area contributed by atoms with Crippen LogP contribution in [0.25, 0.3) is 0 Å². The van der Waals surface area contributed by atoms with E-state index in [9.17, 15) is 10.2 Å². The maximum Gasteiger partial charge on any atom is 0.131 e. The Labute approximate surface area is 80.2 Å². The quantitative estimate of drug-likeness (QED) is 0.540. The van der Waals surface area contributed by atoms with Crippen molar-refractivity contribution in [1.82, 2.24) is 5.32 Å². The van der Waals surface area contributed by atoms with E-state index in [4.69, 9.17) is 0 Å². The van der Waals surface area contributed by atoms with Crippen LogP contribution in [-0.4, -0.2) is 28.6 Å². The molecule has 0 radical (unpaired) electrons. The minimum Gasteiger partial charge on any atom is -0.389 e. The molecule has 0 saturated heterocycles. The van der Waals surface area contributed by atoms with Crippen molar-refractivity contribution in [3.63, 3.8) is 0 Å². The molecule has 1 aliphatic rings. The van der Waals surface area contributed by atoms with Crippen LogP contribution in [0.2, 0.25) is 0 Å². The van der Waals surface area contributed by atoms with Gasteiger partial charge in [-0.3, -0.25) is 5.32 Å². The van der Waals surface area contributed by atoms with Crippen LogP contribution < -0.4 is 5.32 Å². The maximum atomic E-state index is 9.68. The molecule has 0 aliphatic heterocycles. The van der Waals surface area contributed by atoms with Crippen molar-refractivity contribution in [3.05, 3.63) is 0 Å². The van der Waals surface area contributed by atoms with Gasteiger partial charge in [-0.15, -0.1) is 0 Å². The van der Waals surface area contributed by atoms with Gasteiger partial charge in [-0.05, 0) is 25.2 Å². The third-order valence-electron chi connectivity index (χ3n) is 2.63. The number of hydrogen-bond donors (Lipinski definition) is 3. The minimum atomic E-state index is -0.742. The van der Waals surface area contributed by atoms with Gasteiger partial charge in [0.1, 0.15) is 6.23 Å². The van der Waals surface area contributed by atoms with E-state index in [0.717, 1.165) is 25.7 Å². The maximum absolute atomic E-state index is 9.68. The van der Waals surface area contributed by atoms with Crippen molar-refractivity contribution in [1.29, 1.82) is 0 Å². The van der Waals surface area contributed by atoms with E-state index in [1.54, 1.807) is 0 Å². The summed E-state index contributed by atoms with van der Waals surface area (Å²) in [7, 11) is 0. The second kappa shape index (κ2) is 4.94. The first-order valence-corrected chi connectivity index (χ1v) is 5.27. The molecule has 0 aromatic heterocycles. The van der Waals surface area contributed by atoms with Gasteiger partial charge in [-0.2, -0.15) is 0 Å². The van der Waals surface area contributed by atoms with Gasteiger partial charge in [0.2, 0.25) is 0 Å². The normalized spacial score (nSPS) is 24.0. The van der Waals surface area contributed by atoms with Crippen molar-refractivity contribution in [2.75, 3.05) is 0 Å². The van der Waals surface area contributed by atoms with E-state index in [2.05, 4.69) is 12.2 Å². The summed E-state index contributed by atoms with van der Waals surface area (Å²) >= 11 is 0. The predicted octanol–water partition coefficient (Wildman–Crippen LogP) is 0.854. The average Bonchev–Trinajstić information content (AvgIpc) is 2.87. The summed E-state index contributed by atoms with van der Waals surface area (Å²) in [5, 5.41) is 22.2. The highest BCUT2D eigenvalue weighted by Gasteiger charge is 2.29. The van der Waals surface area contributed by atoms with E-state index in [1.165, 1.54) is 0 Å². The third-order valence-corrected chi connectivity index (χ3v) is 2.63. The first-order valence-electron chi connectivity index (χ1n) is 5.27. The largest absolute Gasteiger partial charge is 0.389 e. The van der Waals surface area contributed by atoms with Gasteiger partial charge < -0.3 is 10.2 Å². The molecule has 78 valence electrons. The molecule has 0 aromatic carbocycles. The van der Waals surface area contributed by atoms with E-state index < -0.39 is 12.3 Å². The molecule has 3 atom stereocenters.